The van der Waals surface area contributed by atoms with Crippen LogP contribution in [-0.2, 0) is 4.53 Å². The Morgan fingerprint density at radius 1 is 1.24 bits per heavy atom. The molecule has 0 saturated carbocycles. The van der Waals surface area contributed by atoms with E-state index < -0.39 is 8.32 Å². The number of benzene rings is 1. The fourth-order valence-electron chi connectivity index (χ4n) is 1.05. The van der Waals surface area contributed by atoms with Crippen molar-refractivity contribution in [2.45, 2.75) is 19.6 Å². The first-order valence-corrected chi connectivity index (χ1v) is 8.80. The molecule has 0 fully saturated rings. The summed E-state index contributed by atoms with van der Waals surface area (Å²) in [5, 5.41) is 12.5. The van der Waals surface area contributed by atoms with Gasteiger partial charge in [-0.15, -0.1) is 5.16 Å². The standard InChI is InChI=1S/C13H16N2OSi/c1-17(2,3)16-15-10-4-5-12-6-8-13(11-14)9-7-12/h4-10H,1-3H3/b5-4+,15-10+. The summed E-state index contributed by atoms with van der Waals surface area (Å²) in [7, 11) is -1.57. The minimum Gasteiger partial charge on any atom is -0.456 e. The average Bonchev–Trinajstić information content (AvgIpc) is 2.28. The summed E-state index contributed by atoms with van der Waals surface area (Å²) < 4.78 is 5.32. The van der Waals surface area contributed by atoms with Crippen molar-refractivity contribution in [3.63, 3.8) is 0 Å². The Morgan fingerprint density at radius 3 is 2.41 bits per heavy atom. The van der Waals surface area contributed by atoms with Gasteiger partial charge in [-0.1, -0.05) is 18.2 Å². The van der Waals surface area contributed by atoms with Crippen LogP contribution in [-0.4, -0.2) is 14.5 Å². The smallest absolute Gasteiger partial charge is 0.278 e. The molecule has 0 bridgehead atoms. The molecule has 0 aliphatic carbocycles. The predicted molar refractivity (Wildman–Crippen MR) is 73.1 cm³/mol. The quantitative estimate of drug-likeness (QED) is 0.463. The van der Waals surface area contributed by atoms with E-state index in [0.717, 1.165) is 5.56 Å². The van der Waals surface area contributed by atoms with E-state index in [4.69, 9.17) is 9.79 Å². The Kier molecular flexibility index (Phi) is 4.67. The van der Waals surface area contributed by atoms with E-state index in [2.05, 4.69) is 30.9 Å². The maximum Gasteiger partial charge on any atom is 0.278 e. The zero-order valence-electron chi connectivity index (χ0n) is 10.3. The molecule has 0 spiro atoms. The van der Waals surface area contributed by atoms with Crippen LogP contribution in [0, 0.1) is 11.3 Å². The van der Waals surface area contributed by atoms with Gasteiger partial charge in [-0.2, -0.15) is 5.26 Å². The summed E-state index contributed by atoms with van der Waals surface area (Å²) >= 11 is 0. The molecule has 0 aromatic heterocycles. The van der Waals surface area contributed by atoms with Crippen LogP contribution in [0.5, 0.6) is 0 Å². The molecular weight excluding hydrogens is 228 g/mol. The number of nitriles is 1. The minimum atomic E-state index is -1.57. The lowest BCUT2D eigenvalue weighted by molar-refractivity contribution is 0.338. The monoisotopic (exact) mass is 244 g/mol. The molecule has 88 valence electrons. The molecule has 4 heteroatoms. The van der Waals surface area contributed by atoms with Crippen LogP contribution in [0.1, 0.15) is 11.1 Å². The van der Waals surface area contributed by atoms with Gasteiger partial charge in [0.2, 0.25) is 0 Å². The maximum absolute atomic E-state index is 8.65. The second-order valence-corrected chi connectivity index (χ2v) is 8.96. The largest absolute Gasteiger partial charge is 0.456 e. The molecule has 0 saturated heterocycles. The van der Waals surface area contributed by atoms with Crippen molar-refractivity contribution in [2.75, 3.05) is 0 Å². The van der Waals surface area contributed by atoms with E-state index in [9.17, 15) is 0 Å². The van der Waals surface area contributed by atoms with Gasteiger partial charge in [0.1, 0.15) is 0 Å². The Labute approximate surface area is 103 Å². The van der Waals surface area contributed by atoms with E-state index in [0.29, 0.717) is 5.56 Å². The van der Waals surface area contributed by atoms with Crippen molar-refractivity contribution >= 4 is 20.6 Å². The number of oxime groups is 1. The fourth-order valence-corrected chi connectivity index (χ4v) is 1.42. The lowest BCUT2D eigenvalue weighted by atomic mass is 10.1. The second kappa shape index (κ2) is 6.02. The van der Waals surface area contributed by atoms with Crippen molar-refractivity contribution in [1.82, 2.24) is 0 Å². The zero-order chi connectivity index (χ0) is 12.7. The summed E-state index contributed by atoms with van der Waals surface area (Å²) in [6, 6.07) is 9.44. The van der Waals surface area contributed by atoms with Crippen LogP contribution in [0.3, 0.4) is 0 Å². The summed E-state index contributed by atoms with van der Waals surface area (Å²) in [6.07, 6.45) is 5.37. The summed E-state index contributed by atoms with van der Waals surface area (Å²) in [6.45, 7) is 6.23. The van der Waals surface area contributed by atoms with Gasteiger partial charge in [0.05, 0.1) is 17.8 Å². The van der Waals surface area contributed by atoms with Crippen molar-refractivity contribution in [3.05, 3.63) is 41.5 Å². The van der Waals surface area contributed by atoms with Crippen LogP contribution in [0.25, 0.3) is 6.08 Å². The molecule has 0 unspecified atom stereocenters. The average molecular weight is 244 g/mol. The van der Waals surface area contributed by atoms with E-state index in [-0.39, 0.29) is 0 Å². The molecular formula is C13H16N2OSi. The highest BCUT2D eigenvalue weighted by molar-refractivity contribution is 6.69. The summed E-state index contributed by atoms with van der Waals surface area (Å²) in [4.78, 5) is 0. The van der Waals surface area contributed by atoms with E-state index in [1.165, 1.54) is 0 Å². The third kappa shape index (κ3) is 5.69. The first-order valence-electron chi connectivity index (χ1n) is 5.40. The molecule has 0 amide bonds. The molecule has 0 atom stereocenters. The SMILES string of the molecule is C[Si](C)(C)O/N=C/C=C/c1ccc(C#N)cc1. The number of allylic oxidation sites excluding steroid dienone is 1. The highest BCUT2D eigenvalue weighted by atomic mass is 28.4. The van der Waals surface area contributed by atoms with Gasteiger partial charge in [0, 0.05) is 0 Å². The number of rotatable bonds is 4. The van der Waals surface area contributed by atoms with Crippen LogP contribution in [0.4, 0.5) is 0 Å². The lowest BCUT2D eigenvalue weighted by Crippen LogP contribution is -2.22. The van der Waals surface area contributed by atoms with Gasteiger partial charge in [-0.3, -0.25) is 0 Å². The van der Waals surface area contributed by atoms with Gasteiger partial charge < -0.3 is 4.53 Å². The predicted octanol–water partition coefficient (Wildman–Crippen LogP) is 3.41. The molecule has 17 heavy (non-hydrogen) atoms. The Balaban J connectivity index is 2.51. The van der Waals surface area contributed by atoms with Crippen molar-refractivity contribution in [1.29, 1.82) is 5.26 Å². The molecule has 3 nitrogen and oxygen atoms in total. The third-order valence-electron chi connectivity index (χ3n) is 1.80. The van der Waals surface area contributed by atoms with Gasteiger partial charge in [0.15, 0.2) is 0 Å². The number of nitrogens with zero attached hydrogens (tertiary/aromatic N) is 2. The van der Waals surface area contributed by atoms with Crippen molar-refractivity contribution in [2.24, 2.45) is 5.16 Å². The lowest BCUT2D eigenvalue weighted by Gasteiger charge is -2.11. The van der Waals surface area contributed by atoms with Gasteiger partial charge >= 0.3 is 0 Å². The van der Waals surface area contributed by atoms with Crippen LogP contribution < -0.4 is 0 Å². The molecule has 1 rings (SSSR count). The molecule has 0 heterocycles. The van der Waals surface area contributed by atoms with Gasteiger partial charge in [0.25, 0.3) is 8.32 Å². The van der Waals surface area contributed by atoms with E-state index in [1.54, 1.807) is 18.3 Å². The Bertz CT molecular complexity index is 450. The van der Waals surface area contributed by atoms with Gasteiger partial charge in [-0.05, 0) is 43.4 Å². The highest BCUT2D eigenvalue weighted by Gasteiger charge is 2.14. The molecule has 0 aliphatic rings. The van der Waals surface area contributed by atoms with Gasteiger partial charge in [-0.25, -0.2) is 0 Å². The van der Waals surface area contributed by atoms with E-state index in [1.807, 2.05) is 24.3 Å². The minimum absolute atomic E-state index is 0.665. The number of hydrogen-bond donors (Lipinski definition) is 0. The Hall–Kier alpha value is -1.86. The van der Waals surface area contributed by atoms with Crippen LogP contribution in [0.15, 0.2) is 35.5 Å². The summed E-state index contributed by atoms with van der Waals surface area (Å²) in [5.41, 5.74) is 1.70. The normalized spacial score (nSPS) is 11.9. The Morgan fingerprint density at radius 2 is 1.88 bits per heavy atom. The molecule has 0 N–H and O–H groups in total. The molecule has 1 aromatic carbocycles. The van der Waals surface area contributed by atoms with E-state index >= 15 is 0 Å². The first-order chi connectivity index (χ1) is 8.01. The molecule has 0 aliphatic heterocycles. The summed E-state index contributed by atoms with van der Waals surface area (Å²) in [5.74, 6) is 0. The second-order valence-electron chi connectivity index (χ2n) is 4.55. The molecule has 1 aromatic rings. The third-order valence-corrected chi connectivity index (χ3v) is 2.46. The van der Waals surface area contributed by atoms with Crippen molar-refractivity contribution in [3.8, 4) is 6.07 Å². The topological polar surface area (TPSA) is 45.4 Å². The van der Waals surface area contributed by atoms with Crippen molar-refractivity contribution < 1.29 is 4.53 Å². The number of hydrogen-bond acceptors (Lipinski definition) is 3. The fraction of sp³-hybridized carbons (Fsp3) is 0.231. The maximum atomic E-state index is 8.65. The zero-order valence-corrected chi connectivity index (χ0v) is 11.3. The van der Waals surface area contributed by atoms with Crippen LogP contribution >= 0.6 is 0 Å². The molecule has 0 radical (unpaired) electrons. The first kappa shape index (κ1) is 13.2. The highest BCUT2D eigenvalue weighted by Crippen LogP contribution is 2.05. The van der Waals surface area contributed by atoms with Crippen LogP contribution in [0.2, 0.25) is 19.6 Å².